The molecule has 0 aliphatic heterocycles. The number of rotatable bonds is 7. The second kappa shape index (κ2) is 9.90. The SMILES string of the molecule is C=C(CC1=CCC=C1c1cc2cc(C(=C)C3CCCCC3)ccc2[nH]1)c1c(C)cc(CC)cc1C. The molecule has 2 aliphatic carbocycles. The van der Waals surface area contributed by atoms with Gasteiger partial charge in [0.25, 0.3) is 0 Å². The highest BCUT2D eigenvalue weighted by Gasteiger charge is 2.20. The fourth-order valence-corrected chi connectivity index (χ4v) is 6.31. The summed E-state index contributed by atoms with van der Waals surface area (Å²) in [5.41, 5.74) is 14.4. The number of benzene rings is 2. The van der Waals surface area contributed by atoms with E-state index < -0.39 is 0 Å². The van der Waals surface area contributed by atoms with Gasteiger partial charge in [-0.3, -0.25) is 0 Å². The third kappa shape index (κ3) is 4.74. The molecule has 1 heteroatoms. The van der Waals surface area contributed by atoms with E-state index in [-0.39, 0.29) is 0 Å². The molecule has 2 aromatic carbocycles. The molecule has 1 N–H and O–H groups in total. The lowest BCUT2D eigenvalue weighted by Gasteiger charge is -2.24. The summed E-state index contributed by atoms with van der Waals surface area (Å²) in [6.07, 6.45) is 14.3. The minimum absolute atomic E-state index is 0.649. The highest BCUT2D eigenvalue weighted by Crippen LogP contribution is 2.39. The van der Waals surface area contributed by atoms with Gasteiger partial charge < -0.3 is 4.98 Å². The maximum atomic E-state index is 4.52. The maximum Gasteiger partial charge on any atom is 0.0464 e. The zero-order valence-corrected chi connectivity index (χ0v) is 21.8. The van der Waals surface area contributed by atoms with Crippen LogP contribution in [0.3, 0.4) is 0 Å². The van der Waals surface area contributed by atoms with Crippen molar-refractivity contribution in [3.8, 4) is 0 Å². The Balaban J connectivity index is 1.37. The predicted octanol–water partition coefficient (Wildman–Crippen LogP) is 9.76. The molecule has 0 saturated heterocycles. The summed E-state index contributed by atoms with van der Waals surface area (Å²) in [6.45, 7) is 15.7. The van der Waals surface area contributed by atoms with Crippen molar-refractivity contribution in [2.24, 2.45) is 5.92 Å². The van der Waals surface area contributed by atoms with Gasteiger partial charge in [-0.25, -0.2) is 0 Å². The van der Waals surface area contributed by atoms with Crippen molar-refractivity contribution in [3.05, 3.63) is 101 Å². The molecule has 0 atom stereocenters. The van der Waals surface area contributed by atoms with Crippen molar-refractivity contribution in [1.29, 1.82) is 0 Å². The molecule has 0 unspecified atom stereocenters. The third-order valence-electron chi connectivity index (χ3n) is 8.17. The van der Waals surface area contributed by atoms with Crippen molar-refractivity contribution >= 4 is 27.6 Å². The Morgan fingerprint density at radius 2 is 1.69 bits per heavy atom. The fourth-order valence-electron chi connectivity index (χ4n) is 6.31. The van der Waals surface area contributed by atoms with Crippen LogP contribution in [0, 0.1) is 19.8 Å². The Labute approximate surface area is 211 Å². The average Bonchev–Trinajstić information content (AvgIpc) is 3.49. The summed E-state index contributed by atoms with van der Waals surface area (Å²) in [4.78, 5) is 3.70. The summed E-state index contributed by atoms with van der Waals surface area (Å²) in [5, 5.41) is 1.28. The quantitative estimate of drug-likeness (QED) is 0.360. The van der Waals surface area contributed by atoms with Gasteiger partial charge >= 0.3 is 0 Å². The third-order valence-corrected chi connectivity index (χ3v) is 8.17. The molecule has 0 radical (unpaired) electrons. The second-order valence-corrected chi connectivity index (χ2v) is 10.7. The minimum Gasteiger partial charge on any atom is -0.355 e. The molecule has 0 amide bonds. The van der Waals surface area contributed by atoms with Crippen molar-refractivity contribution < 1.29 is 0 Å². The molecule has 35 heavy (non-hydrogen) atoms. The molecule has 1 aromatic heterocycles. The van der Waals surface area contributed by atoms with Crippen molar-refractivity contribution in [1.82, 2.24) is 4.98 Å². The molecule has 1 fully saturated rings. The normalized spacial score (nSPS) is 16.4. The van der Waals surface area contributed by atoms with Crippen LogP contribution in [-0.2, 0) is 6.42 Å². The van der Waals surface area contributed by atoms with Crippen LogP contribution < -0.4 is 0 Å². The van der Waals surface area contributed by atoms with Crippen LogP contribution >= 0.6 is 0 Å². The Morgan fingerprint density at radius 1 is 0.943 bits per heavy atom. The topological polar surface area (TPSA) is 15.8 Å². The Bertz CT molecular complexity index is 1330. The smallest absolute Gasteiger partial charge is 0.0464 e. The zero-order valence-electron chi connectivity index (χ0n) is 21.8. The molecule has 0 bridgehead atoms. The number of aromatic nitrogens is 1. The van der Waals surface area contributed by atoms with Gasteiger partial charge in [-0.05, 0) is 120 Å². The molecule has 0 spiro atoms. The summed E-state index contributed by atoms with van der Waals surface area (Å²) in [6, 6.07) is 13.8. The number of fused-ring (bicyclic) bond motifs is 1. The lowest BCUT2D eigenvalue weighted by Crippen LogP contribution is -2.07. The largest absolute Gasteiger partial charge is 0.355 e. The Morgan fingerprint density at radius 3 is 2.40 bits per heavy atom. The van der Waals surface area contributed by atoms with Crippen molar-refractivity contribution in [2.45, 2.75) is 72.1 Å². The van der Waals surface area contributed by atoms with Gasteiger partial charge in [0.15, 0.2) is 0 Å². The van der Waals surface area contributed by atoms with E-state index in [1.165, 1.54) is 98.8 Å². The van der Waals surface area contributed by atoms with Crippen LogP contribution in [0.4, 0.5) is 0 Å². The van der Waals surface area contributed by atoms with Crippen molar-refractivity contribution in [3.63, 3.8) is 0 Å². The van der Waals surface area contributed by atoms with Gasteiger partial charge in [0, 0.05) is 16.6 Å². The summed E-state index contributed by atoms with van der Waals surface area (Å²) in [7, 11) is 0. The van der Waals surface area contributed by atoms with Crippen LogP contribution in [-0.4, -0.2) is 4.98 Å². The molecule has 2 aliphatic rings. The highest BCUT2D eigenvalue weighted by atomic mass is 14.7. The van der Waals surface area contributed by atoms with E-state index in [0.717, 1.165) is 19.3 Å². The van der Waals surface area contributed by atoms with Gasteiger partial charge in [0.05, 0.1) is 0 Å². The molecular formula is C34H39N. The molecule has 1 heterocycles. The van der Waals surface area contributed by atoms with Gasteiger partial charge in [-0.15, -0.1) is 0 Å². The van der Waals surface area contributed by atoms with Crippen LogP contribution in [0.15, 0.2) is 67.3 Å². The number of hydrogen-bond donors (Lipinski definition) is 1. The monoisotopic (exact) mass is 461 g/mol. The van der Waals surface area contributed by atoms with Gasteiger partial charge in [-0.2, -0.15) is 0 Å². The van der Waals surface area contributed by atoms with E-state index in [0.29, 0.717) is 5.92 Å². The van der Waals surface area contributed by atoms with Crippen LogP contribution in [0.2, 0.25) is 0 Å². The molecule has 1 nitrogen and oxygen atoms in total. The van der Waals surface area contributed by atoms with E-state index in [1.807, 2.05) is 0 Å². The molecule has 3 aromatic rings. The minimum atomic E-state index is 0.649. The molecule has 180 valence electrons. The maximum absolute atomic E-state index is 4.52. The van der Waals surface area contributed by atoms with E-state index >= 15 is 0 Å². The molecule has 1 saturated carbocycles. The molecule has 5 rings (SSSR count). The number of aryl methyl sites for hydroxylation is 3. The number of hydrogen-bond acceptors (Lipinski definition) is 0. The average molecular weight is 462 g/mol. The van der Waals surface area contributed by atoms with Crippen LogP contribution in [0.5, 0.6) is 0 Å². The summed E-state index contributed by atoms with van der Waals surface area (Å²) >= 11 is 0. The van der Waals surface area contributed by atoms with Gasteiger partial charge in [-0.1, -0.05) is 69.7 Å². The second-order valence-electron chi connectivity index (χ2n) is 10.7. The Kier molecular flexibility index (Phi) is 6.69. The first kappa shape index (κ1) is 23.7. The van der Waals surface area contributed by atoms with E-state index in [2.05, 4.69) is 87.5 Å². The molecular weight excluding hydrogens is 422 g/mol. The van der Waals surface area contributed by atoms with E-state index in [4.69, 9.17) is 0 Å². The fraction of sp³-hybridized carbons (Fsp3) is 0.353. The predicted molar refractivity (Wildman–Crippen MR) is 154 cm³/mol. The lowest BCUT2D eigenvalue weighted by atomic mass is 9.81. The zero-order chi connectivity index (χ0) is 24.5. The number of allylic oxidation sites excluding steroid dienone is 6. The van der Waals surface area contributed by atoms with Gasteiger partial charge in [0.1, 0.15) is 0 Å². The van der Waals surface area contributed by atoms with Crippen LogP contribution in [0.25, 0.3) is 27.6 Å². The summed E-state index contributed by atoms with van der Waals surface area (Å²) in [5.74, 6) is 0.649. The van der Waals surface area contributed by atoms with E-state index in [1.54, 1.807) is 0 Å². The first-order chi connectivity index (χ1) is 16.9. The first-order valence-electron chi connectivity index (χ1n) is 13.4. The first-order valence-corrected chi connectivity index (χ1v) is 13.4. The van der Waals surface area contributed by atoms with E-state index in [9.17, 15) is 0 Å². The number of aromatic amines is 1. The number of nitrogens with one attached hydrogen (secondary N) is 1. The lowest BCUT2D eigenvalue weighted by molar-refractivity contribution is 0.430. The Hall–Kier alpha value is -3.06. The van der Waals surface area contributed by atoms with Gasteiger partial charge in [0.2, 0.25) is 0 Å². The standard InChI is InChI=1S/C34H39N/c1-6-26-17-22(2)34(23(3)18-26)24(4)19-29-13-10-14-31(29)33-21-30-20-28(15-16-32(30)35-33)25(5)27-11-8-7-9-12-27/h13-18,20-21,27,35H,4-12,19H2,1-3H3. The number of H-pyrrole nitrogens is 1. The summed E-state index contributed by atoms with van der Waals surface area (Å²) < 4.78 is 0. The highest BCUT2D eigenvalue weighted by molar-refractivity contribution is 5.92. The van der Waals surface area contributed by atoms with Crippen LogP contribution in [0.1, 0.15) is 85.4 Å². The van der Waals surface area contributed by atoms with Crippen molar-refractivity contribution in [2.75, 3.05) is 0 Å².